The Bertz CT molecular complexity index is 635. The summed E-state index contributed by atoms with van der Waals surface area (Å²) < 4.78 is 0. The van der Waals surface area contributed by atoms with E-state index >= 15 is 0 Å². The van der Waals surface area contributed by atoms with Gasteiger partial charge in [0.05, 0.1) is 0 Å². The summed E-state index contributed by atoms with van der Waals surface area (Å²) in [4.78, 5) is 11.5. The Labute approximate surface area is 119 Å². The van der Waals surface area contributed by atoms with Crippen molar-refractivity contribution >= 4 is 11.7 Å². The third kappa shape index (κ3) is 2.99. The molecule has 104 valence electrons. The van der Waals surface area contributed by atoms with Gasteiger partial charge in [-0.3, -0.25) is 0 Å². The van der Waals surface area contributed by atoms with E-state index in [1.165, 1.54) is 0 Å². The second-order valence-corrected chi connectivity index (χ2v) is 5.07. The number of hydrogen-bond donors (Lipinski definition) is 2. The van der Waals surface area contributed by atoms with Crippen LogP contribution in [0.5, 0.6) is 0 Å². The summed E-state index contributed by atoms with van der Waals surface area (Å²) in [6, 6.07) is 12.7. The van der Waals surface area contributed by atoms with Crippen molar-refractivity contribution < 1.29 is 9.90 Å². The molecule has 20 heavy (non-hydrogen) atoms. The summed E-state index contributed by atoms with van der Waals surface area (Å²) in [5, 5.41) is 12.6. The molecule has 0 saturated heterocycles. The lowest BCUT2D eigenvalue weighted by atomic mass is 10.0. The molecular formula is C17H19NO2. The van der Waals surface area contributed by atoms with E-state index in [2.05, 4.69) is 5.32 Å². The number of nitrogens with one attached hydrogen (secondary N) is 1. The first-order valence-corrected chi connectivity index (χ1v) is 6.61. The first-order chi connectivity index (χ1) is 9.49. The zero-order valence-corrected chi connectivity index (χ0v) is 12.0. The lowest BCUT2D eigenvalue weighted by molar-refractivity contribution is -0.138. The normalized spacial score (nSPS) is 11.9. The Hall–Kier alpha value is -2.29. The van der Waals surface area contributed by atoms with Crippen molar-refractivity contribution in [2.75, 3.05) is 5.32 Å². The molecule has 2 rings (SSSR count). The third-order valence-corrected chi connectivity index (χ3v) is 3.56. The van der Waals surface area contributed by atoms with Gasteiger partial charge in [-0.25, -0.2) is 4.79 Å². The van der Waals surface area contributed by atoms with Crippen molar-refractivity contribution in [2.24, 2.45) is 0 Å². The number of anilines is 1. The minimum Gasteiger partial charge on any atom is -0.479 e. The van der Waals surface area contributed by atoms with Crippen LogP contribution in [0, 0.1) is 20.8 Å². The molecule has 0 spiro atoms. The molecule has 2 N–H and O–H groups in total. The number of carbonyl (C=O) groups is 1. The smallest absolute Gasteiger partial charge is 0.330 e. The average molecular weight is 269 g/mol. The standard InChI is InChI=1S/C17H19NO2/c1-11-8-9-14(10-13(11)3)16(17(19)20)18-15-7-5-4-6-12(15)2/h4-10,16,18H,1-3H3,(H,19,20). The quantitative estimate of drug-likeness (QED) is 0.886. The van der Waals surface area contributed by atoms with Gasteiger partial charge in [-0.05, 0) is 49.1 Å². The summed E-state index contributed by atoms with van der Waals surface area (Å²) in [5.41, 5.74) is 4.90. The highest BCUT2D eigenvalue weighted by molar-refractivity contribution is 5.79. The topological polar surface area (TPSA) is 49.3 Å². The van der Waals surface area contributed by atoms with Crippen molar-refractivity contribution in [1.82, 2.24) is 0 Å². The zero-order chi connectivity index (χ0) is 14.7. The highest BCUT2D eigenvalue weighted by Gasteiger charge is 2.20. The summed E-state index contributed by atoms with van der Waals surface area (Å²) >= 11 is 0. The van der Waals surface area contributed by atoms with Gasteiger partial charge in [-0.15, -0.1) is 0 Å². The monoisotopic (exact) mass is 269 g/mol. The molecule has 2 aromatic rings. The molecule has 0 bridgehead atoms. The summed E-state index contributed by atoms with van der Waals surface area (Å²) in [7, 11) is 0. The Morgan fingerprint density at radius 1 is 1.00 bits per heavy atom. The summed E-state index contributed by atoms with van der Waals surface area (Å²) in [6.07, 6.45) is 0. The van der Waals surface area contributed by atoms with Gasteiger partial charge in [0.1, 0.15) is 0 Å². The van der Waals surface area contributed by atoms with E-state index in [9.17, 15) is 9.90 Å². The number of carboxylic acids is 1. The van der Waals surface area contributed by atoms with Crippen LogP contribution in [0.15, 0.2) is 42.5 Å². The number of aliphatic carboxylic acids is 1. The highest BCUT2D eigenvalue weighted by Crippen LogP contribution is 2.24. The van der Waals surface area contributed by atoms with Gasteiger partial charge >= 0.3 is 5.97 Å². The first kappa shape index (κ1) is 14.1. The van der Waals surface area contributed by atoms with E-state index in [1.54, 1.807) is 0 Å². The Morgan fingerprint density at radius 2 is 1.70 bits per heavy atom. The van der Waals surface area contributed by atoms with Crippen LogP contribution in [0.2, 0.25) is 0 Å². The van der Waals surface area contributed by atoms with Crippen LogP contribution < -0.4 is 5.32 Å². The fourth-order valence-electron chi connectivity index (χ4n) is 2.12. The Morgan fingerprint density at radius 3 is 2.30 bits per heavy atom. The van der Waals surface area contributed by atoms with E-state index in [-0.39, 0.29) is 0 Å². The van der Waals surface area contributed by atoms with E-state index in [0.29, 0.717) is 0 Å². The van der Waals surface area contributed by atoms with Crippen molar-refractivity contribution in [3.8, 4) is 0 Å². The molecule has 3 nitrogen and oxygen atoms in total. The fourth-order valence-corrected chi connectivity index (χ4v) is 2.12. The number of benzene rings is 2. The van der Waals surface area contributed by atoms with E-state index in [0.717, 1.165) is 27.9 Å². The van der Waals surface area contributed by atoms with Crippen LogP contribution in [-0.2, 0) is 4.79 Å². The predicted octanol–water partition coefficient (Wildman–Crippen LogP) is 3.85. The fraction of sp³-hybridized carbons (Fsp3) is 0.235. The average Bonchev–Trinajstić information content (AvgIpc) is 2.41. The van der Waals surface area contributed by atoms with Gasteiger partial charge in [-0.1, -0.05) is 36.4 Å². The van der Waals surface area contributed by atoms with Gasteiger partial charge in [0, 0.05) is 5.69 Å². The van der Waals surface area contributed by atoms with Crippen LogP contribution in [0.3, 0.4) is 0 Å². The molecule has 0 aromatic heterocycles. The van der Waals surface area contributed by atoms with Crippen molar-refractivity contribution in [2.45, 2.75) is 26.8 Å². The van der Waals surface area contributed by atoms with Gasteiger partial charge in [0.2, 0.25) is 0 Å². The molecule has 1 atom stereocenters. The number of hydrogen-bond acceptors (Lipinski definition) is 2. The molecule has 0 aliphatic carbocycles. The van der Waals surface area contributed by atoms with Crippen molar-refractivity contribution in [3.63, 3.8) is 0 Å². The maximum absolute atomic E-state index is 11.5. The van der Waals surface area contributed by atoms with E-state index in [1.807, 2.05) is 63.2 Å². The van der Waals surface area contributed by atoms with Gasteiger partial charge < -0.3 is 10.4 Å². The molecule has 0 heterocycles. The highest BCUT2D eigenvalue weighted by atomic mass is 16.4. The van der Waals surface area contributed by atoms with Crippen LogP contribution >= 0.6 is 0 Å². The SMILES string of the molecule is Cc1ccc(C(Nc2ccccc2C)C(=O)O)cc1C. The maximum atomic E-state index is 11.5. The van der Waals surface area contributed by atoms with E-state index in [4.69, 9.17) is 0 Å². The second-order valence-electron chi connectivity index (χ2n) is 5.07. The molecule has 0 saturated carbocycles. The largest absolute Gasteiger partial charge is 0.479 e. The van der Waals surface area contributed by atoms with Gasteiger partial charge in [0.15, 0.2) is 6.04 Å². The Balaban J connectivity index is 2.34. The van der Waals surface area contributed by atoms with Crippen LogP contribution in [0.25, 0.3) is 0 Å². The number of aryl methyl sites for hydroxylation is 3. The van der Waals surface area contributed by atoms with E-state index < -0.39 is 12.0 Å². The molecule has 0 fully saturated rings. The molecule has 0 radical (unpaired) electrons. The van der Waals surface area contributed by atoms with Gasteiger partial charge in [-0.2, -0.15) is 0 Å². The van der Waals surface area contributed by atoms with Crippen LogP contribution in [0.4, 0.5) is 5.69 Å². The molecule has 3 heteroatoms. The van der Waals surface area contributed by atoms with Gasteiger partial charge in [0.25, 0.3) is 0 Å². The molecule has 2 aromatic carbocycles. The van der Waals surface area contributed by atoms with Crippen LogP contribution in [0.1, 0.15) is 28.3 Å². The van der Waals surface area contributed by atoms with Crippen molar-refractivity contribution in [1.29, 1.82) is 0 Å². The third-order valence-electron chi connectivity index (χ3n) is 3.56. The summed E-state index contributed by atoms with van der Waals surface area (Å²) in [6.45, 7) is 5.97. The van der Waals surface area contributed by atoms with Crippen LogP contribution in [-0.4, -0.2) is 11.1 Å². The molecule has 0 aliphatic rings. The maximum Gasteiger partial charge on any atom is 0.330 e. The second kappa shape index (κ2) is 5.78. The minimum absolute atomic E-state index is 0.740. The number of para-hydroxylation sites is 1. The number of carboxylic acid groups (broad SMARTS) is 1. The number of rotatable bonds is 4. The minimum atomic E-state index is -0.878. The zero-order valence-electron chi connectivity index (χ0n) is 12.0. The molecule has 0 aliphatic heterocycles. The summed E-state index contributed by atoms with van der Waals surface area (Å²) in [5.74, 6) is -0.878. The molecular weight excluding hydrogens is 250 g/mol. The first-order valence-electron chi connectivity index (χ1n) is 6.61. The molecule has 0 amide bonds. The lowest BCUT2D eigenvalue weighted by Crippen LogP contribution is -2.21. The Kier molecular flexibility index (Phi) is 4.08. The predicted molar refractivity (Wildman–Crippen MR) is 81.1 cm³/mol. The lowest BCUT2D eigenvalue weighted by Gasteiger charge is -2.18. The molecule has 1 unspecified atom stereocenters. The van der Waals surface area contributed by atoms with Crippen molar-refractivity contribution in [3.05, 3.63) is 64.7 Å².